The van der Waals surface area contributed by atoms with Gasteiger partial charge in [0.15, 0.2) is 5.78 Å². The summed E-state index contributed by atoms with van der Waals surface area (Å²) in [6.07, 6.45) is 2.29. The maximum absolute atomic E-state index is 11.5. The Kier molecular flexibility index (Phi) is 3.83. The third-order valence-corrected chi connectivity index (χ3v) is 1.90. The lowest BCUT2D eigenvalue weighted by atomic mass is 10.2. The number of hydrogen-bond donors (Lipinski definition) is 1. The highest BCUT2D eigenvalue weighted by atomic mass is 16.1. The summed E-state index contributed by atoms with van der Waals surface area (Å²) in [7, 11) is 1.81. The van der Waals surface area contributed by atoms with Crippen molar-refractivity contribution in [2.45, 2.75) is 26.3 Å². The molecule has 0 unspecified atom stereocenters. The second-order valence-electron chi connectivity index (χ2n) is 3.66. The first-order valence-electron chi connectivity index (χ1n) is 4.86. The van der Waals surface area contributed by atoms with Crippen molar-refractivity contribution in [3.8, 4) is 0 Å². The van der Waals surface area contributed by atoms with Crippen molar-refractivity contribution in [3.05, 3.63) is 18.0 Å². The molecule has 1 rings (SSSR count). The summed E-state index contributed by atoms with van der Waals surface area (Å²) in [5, 5.41) is 7.25. The molecule has 0 fully saturated rings. The number of nitrogens with zero attached hydrogens (tertiary/aromatic N) is 2. The number of aryl methyl sites for hydroxylation is 1. The van der Waals surface area contributed by atoms with Crippen LogP contribution in [-0.4, -0.2) is 28.2 Å². The molecule has 0 aromatic carbocycles. The van der Waals surface area contributed by atoms with Gasteiger partial charge in [0, 0.05) is 32.3 Å². The average molecular weight is 195 g/mol. The summed E-state index contributed by atoms with van der Waals surface area (Å²) in [6, 6.07) is 2.17. The van der Waals surface area contributed by atoms with Gasteiger partial charge in [0.25, 0.3) is 0 Å². The molecule has 0 aliphatic rings. The Morgan fingerprint density at radius 3 is 2.86 bits per heavy atom. The van der Waals surface area contributed by atoms with Crippen molar-refractivity contribution in [1.29, 1.82) is 0 Å². The third-order valence-electron chi connectivity index (χ3n) is 1.90. The van der Waals surface area contributed by atoms with Crippen LogP contribution in [0, 0.1) is 0 Å². The highest BCUT2D eigenvalue weighted by molar-refractivity contribution is 5.94. The molecule has 0 aliphatic heterocycles. The maximum Gasteiger partial charge on any atom is 0.184 e. The van der Waals surface area contributed by atoms with Crippen LogP contribution in [-0.2, 0) is 7.05 Å². The van der Waals surface area contributed by atoms with Crippen LogP contribution in [0.15, 0.2) is 12.3 Å². The minimum Gasteiger partial charge on any atom is -0.314 e. The molecule has 0 atom stereocenters. The summed E-state index contributed by atoms with van der Waals surface area (Å²) in [4.78, 5) is 11.5. The van der Waals surface area contributed by atoms with Crippen LogP contribution in [0.3, 0.4) is 0 Å². The Hall–Kier alpha value is -1.16. The van der Waals surface area contributed by atoms with Crippen LogP contribution < -0.4 is 5.32 Å². The second kappa shape index (κ2) is 4.91. The zero-order valence-corrected chi connectivity index (χ0v) is 8.95. The van der Waals surface area contributed by atoms with Crippen molar-refractivity contribution in [2.24, 2.45) is 7.05 Å². The van der Waals surface area contributed by atoms with Crippen molar-refractivity contribution in [2.75, 3.05) is 6.54 Å². The zero-order valence-electron chi connectivity index (χ0n) is 8.95. The number of carbonyl (C=O) groups is 1. The molecular weight excluding hydrogens is 178 g/mol. The molecular formula is C10H17N3O. The smallest absolute Gasteiger partial charge is 0.184 e. The van der Waals surface area contributed by atoms with E-state index in [4.69, 9.17) is 0 Å². The number of Topliss-reactive ketones (excluding diaryl/α,β-unsaturated/α-hetero) is 1. The lowest BCUT2D eigenvalue weighted by molar-refractivity contribution is 0.0976. The van der Waals surface area contributed by atoms with Crippen LogP contribution in [0.2, 0.25) is 0 Å². The number of aromatic nitrogens is 2. The van der Waals surface area contributed by atoms with Gasteiger partial charge in [-0.15, -0.1) is 0 Å². The largest absolute Gasteiger partial charge is 0.314 e. The minimum absolute atomic E-state index is 0.0961. The molecule has 0 amide bonds. The van der Waals surface area contributed by atoms with Gasteiger partial charge < -0.3 is 5.32 Å². The van der Waals surface area contributed by atoms with Crippen LogP contribution in [0.4, 0.5) is 0 Å². The van der Waals surface area contributed by atoms with Crippen LogP contribution in [0.25, 0.3) is 0 Å². The fraction of sp³-hybridized carbons (Fsp3) is 0.600. The van der Waals surface area contributed by atoms with E-state index in [0.29, 0.717) is 24.7 Å². The molecule has 0 spiro atoms. The number of nitrogens with one attached hydrogen (secondary N) is 1. The van der Waals surface area contributed by atoms with Crippen molar-refractivity contribution >= 4 is 5.78 Å². The van der Waals surface area contributed by atoms with E-state index in [-0.39, 0.29) is 5.78 Å². The fourth-order valence-corrected chi connectivity index (χ4v) is 1.17. The molecule has 1 aromatic rings. The molecule has 14 heavy (non-hydrogen) atoms. The molecule has 0 aliphatic carbocycles. The van der Waals surface area contributed by atoms with Gasteiger partial charge in [-0.1, -0.05) is 13.8 Å². The predicted molar refractivity (Wildman–Crippen MR) is 55.3 cm³/mol. The minimum atomic E-state index is 0.0961. The molecule has 4 heteroatoms. The van der Waals surface area contributed by atoms with Crippen LogP contribution >= 0.6 is 0 Å². The Balaban J connectivity index is 2.36. The molecule has 78 valence electrons. The van der Waals surface area contributed by atoms with Gasteiger partial charge in [0.05, 0.1) is 0 Å². The molecule has 1 N–H and O–H groups in total. The summed E-state index contributed by atoms with van der Waals surface area (Å²) < 4.78 is 1.64. The highest BCUT2D eigenvalue weighted by Crippen LogP contribution is 1.98. The predicted octanol–water partition coefficient (Wildman–Crippen LogP) is 0.991. The fourth-order valence-electron chi connectivity index (χ4n) is 1.17. The zero-order chi connectivity index (χ0) is 10.6. The summed E-state index contributed by atoms with van der Waals surface area (Å²) in [5.41, 5.74) is 0.554. The van der Waals surface area contributed by atoms with Crippen LogP contribution in [0.5, 0.6) is 0 Å². The molecule has 0 bridgehead atoms. The van der Waals surface area contributed by atoms with Gasteiger partial charge in [0.1, 0.15) is 5.69 Å². The van der Waals surface area contributed by atoms with Crippen LogP contribution in [0.1, 0.15) is 30.8 Å². The maximum atomic E-state index is 11.5. The van der Waals surface area contributed by atoms with Gasteiger partial charge in [0.2, 0.25) is 0 Å². The van der Waals surface area contributed by atoms with E-state index in [2.05, 4.69) is 24.3 Å². The first-order valence-corrected chi connectivity index (χ1v) is 4.86. The number of hydrogen-bond acceptors (Lipinski definition) is 3. The van der Waals surface area contributed by atoms with Gasteiger partial charge in [-0.05, 0) is 6.07 Å². The van der Waals surface area contributed by atoms with E-state index in [9.17, 15) is 4.79 Å². The quantitative estimate of drug-likeness (QED) is 0.713. The van der Waals surface area contributed by atoms with Gasteiger partial charge >= 0.3 is 0 Å². The first kappa shape index (κ1) is 10.9. The highest BCUT2D eigenvalue weighted by Gasteiger charge is 2.08. The van der Waals surface area contributed by atoms with E-state index < -0.39 is 0 Å². The first-order chi connectivity index (χ1) is 6.59. The molecule has 4 nitrogen and oxygen atoms in total. The monoisotopic (exact) mass is 195 g/mol. The van der Waals surface area contributed by atoms with Gasteiger partial charge in [-0.3, -0.25) is 9.48 Å². The number of rotatable bonds is 5. The van der Waals surface area contributed by atoms with E-state index in [1.54, 1.807) is 16.9 Å². The lowest BCUT2D eigenvalue weighted by Gasteiger charge is -2.05. The second-order valence-corrected chi connectivity index (χ2v) is 3.66. The third kappa shape index (κ3) is 3.30. The summed E-state index contributed by atoms with van der Waals surface area (Å²) in [5.74, 6) is 0.0961. The Bertz CT molecular complexity index is 304. The molecule has 0 saturated heterocycles. The number of ketones is 1. The molecule has 0 radical (unpaired) electrons. The van der Waals surface area contributed by atoms with E-state index in [1.807, 2.05) is 7.05 Å². The van der Waals surface area contributed by atoms with Crippen molar-refractivity contribution in [1.82, 2.24) is 15.1 Å². The standard InChI is InChI=1S/C10H17N3O/c1-8(2)11-6-4-10(14)9-5-7-13(3)12-9/h5,7-8,11H,4,6H2,1-3H3. The lowest BCUT2D eigenvalue weighted by Crippen LogP contribution is -2.25. The molecule has 1 aromatic heterocycles. The average Bonchev–Trinajstić information content (AvgIpc) is 2.51. The molecule has 1 heterocycles. The Labute approximate surface area is 84.3 Å². The summed E-state index contributed by atoms with van der Waals surface area (Å²) >= 11 is 0. The Morgan fingerprint density at radius 1 is 1.64 bits per heavy atom. The van der Waals surface area contributed by atoms with Gasteiger partial charge in [-0.2, -0.15) is 5.10 Å². The SMILES string of the molecule is CC(C)NCCC(=O)c1ccn(C)n1. The normalized spacial score (nSPS) is 10.9. The van der Waals surface area contributed by atoms with E-state index >= 15 is 0 Å². The van der Waals surface area contributed by atoms with E-state index in [1.165, 1.54) is 0 Å². The van der Waals surface area contributed by atoms with Crippen molar-refractivity contribution in [3.63, 3.8) is 0 Å². The van der Waals surface area contributed by atoms with E-state index in [0.717, 1.165) is 0 Å². The topological polar surface area (TPSA) is 46.9 Å². The molecule has 0 saturated carbocycles. The van der Waals surface area contributed by atoms with Gasteiger partial charge in [-0.25, -0.2) is 0 Å². The van der Waals surface area contributed by atoms with Crippen molar-refractivity contribution < 1.29 is 4.79 Å². The summed E-state index contributed by atoms with van der Waals surface area (Å²) in [6.45, 7) is 4.84. The number of carbonyl (C=O) groups excluding carboxylic acids is 1. The Morgan fingerprint density at radius 2 is 2.36 bits per heavy atom.